The molecular formula is C21H22FNO2. The Kier molecular flexibility index (Phi) is 4.20. The number of hydrogen-bond acceptors (Lipinski definition) is 2. The lowest BCUT2D eigenvalue weighted by molar-refractivity contribution is -0.133. The largest absolute Gasteiger partial charge is 0.497 e. The van der Waals surface area contributed by atoms with Crippen molar-refractivity contribution in [1.29, 1.82) is 0 Å². The smallest absolute Gasteiger partial charge is 0.226 e. The van der Waals surface area contributed by atoms with Crippen molar-refractivity contribution in [3.8, 4) is 5.75 Å². The highest BCUT2D eigenvalue weighted by molar-refractivity contribution is 5.83. The summed E-state index contributed by atoms with van der Waals surface area (Å²) >= 11 is 0. The van der Waals surface area contributed by atoms with Crippen molar-refractivity contribution >= 4 is 5.91 Å². The van der Waals surface area contributed by atoms with Crippen LogP contribution in [0.2, 0.25) is 0 Å². The summed E-state index contributed by atoms with van der Waals surface area (Å²) < 4.78 is 18.3. The number of benzene rings is 2. The molecule has 0 radical (unpaired) electrons. The van der Waals surface area contributed by atoms with Gasteiger partial charge in [0.05, 0.1) is 7.11 Å². The van der Waals surface area contributed by atoms with Gasteiger partial charge < -0.3 is 9.64 Å². The van der Waals surface area contributed by atoms with Gasteiger partial charge in [-0.15, -0.1) is 0 Å². The minimum atomic E-state index is -0.230. The van der Waals surface area contributed by atoms with Crippen molar-refractivity contribution in [1.82, 2.24) is 4.90 Å². The Labute approximate surface area is 147 Å². The molecule has 2 saturated carbocycles. The van der Waals surface area contributed by atoms with E-state index in [1.54, 1.807) is 19.2 Å². The van der Waals surface area contributed by atoms with Crippen LogP contribution in [0, 0.1) is 11.7 Å². The first-order chi connectivity index (χ1) is 12.2. The second kappa shape index (κ2) is 6.51. The molecule has 0 aliphatic heterocycles. The van der Waals surface area contributed by atoms with E-state index in [-0.39, 0.29) is 23.6 Å². The molecule has 2 aliphatic rings. The second-order valence-electron chi connectivity index (χ2n) is 7.05. The SMILES string of the molecule is COc1ccc(CN(C(=O)C2CC2c2ccc(F)cc2)C2CC2)cc1. The van der Waals surface area contributed by atoms with Crippen LogP contribution in [0.25, 0.3) is 0 Å². The van der Waals surface area contributed by atoms with Gasteiger partial charge in [-0.25, -0.2) is 4.39 Å². The Morgan fingerprint density at radius 3 is 2.40 bits per heavy atom. The van der Waals surface area contributed by atoms with Crippen LogP contribution in [0.3, 0.4) is 0 Å². The Bertz CT molecular complexity index is 752. The molecule has 2 atom stereocenters. The summed E-state index contributed by atoms with van der Waals surface area (Å²) in [6, 6.07) is 14.8. The summed E-state index contributed by atoms with van der Waals surface area (Å²) in [5.74, 6) is 1.13. The zero-order valence-corrected chi connectivity index (χ0v) is 14.3. The first kappa shape index (κ1) is 16.1. The maximum Gasteiger partial charge on any atom is 0.226 e. The molecule has 0 saturated heterocycles. The van der Waals surface area contributed by atoms with Crippen molar-refractivity contribution in [2.75, 3.05) is 7.11 Å². The lowest BCUT2D eigenvalue weighted by Crippen LogP contribution is -2.34. The molecule has 2 aliphatic carbocycles. The molecule has 2 unspecified atom stereocenters. The number of nitrogens with zero attached hydrogens (tertiary/aromatic N) is 1. The summed E-state index contributed by atoms with van der Waals surface area (Å²) in [5.41, 5.74) is 2.19. The van der Waals surface area contributed by atoms with Crippen molar-refractivity contribution < 1.29 is 13.9 Å². The fraction of sp³-hybridized carbons (Fsp3) is 0.381. The van der Waals surface area contributed by atoms with Gasteiger partial charge >= 0.3 is 0 Å². The first-order valence-corrected chi connectivity index (χ1v) is 8.84. The third-order valence-electron chi connectivity index (χ3n) is 5.19. The van der Waals surface area contributed by atoms with E-state index in [1.165, 1.54) is 12.1 Å². The van der Waals surface area contributed by atoms with Crippen LogP contribution in [0.1, 0.15) is 36.3 Å². The molecule has 3 nitrogen and oxygen atoms in total. The summed E-state index contributed by atoms with van der Waals surface area (Å²) in [4.78, 5) is 15.0. The standard InChI is InChI=1S/C21H22FNO2/c1-25-18-10-2-14(3-11-18)13-23(17-8-9-17)21(24)20-12-19(20)15-4-6-16(22)7-5-15/h2-7,10-11,17,19-20H,8-9,12-13H2,1H3. The summed E-state index contributed by atoms with van der Waals surface area (Å²) in [6.45, 7) is 0.653. The summed E-state index contributed by atoms with van der Waals surface area (Å²) in [6.07, 6.45) is 3.06. The molecular weight excluding hydrogens is 317 g/mol. The predicted molar refractivity (Wildman–Crippen MR) is 93.8 cm³/mol. The van der Waals surface area contributed by atoms with Gasteiger partial charge in [0.25, 0.3) is 0 Å². The first-order valence-electron chi connectivity index (χ1n) is 8.84. The molecule has 0 bridgehead atoms. The van der Waals surface area contributed by atoms with Crippen LogP contribution in [0.15, 0.2) is 48.5 Å². The van der Waals surface area contributed by atoms with Crippen LogP contribution in [0.5, 0.6) is 5.75 Å². The molecule has 0 aromatic heterocycles. The maximum atomic E-state index is 13.1. The number of methoxy groups -OCH3 is 1. The minimum absolute atomic E-state index is 0.0457. The highest BCUT2D eigenvalue weighted by Gasteiger charge is 2.48. The number of carbonyl (C=O) groups excluding carboxylic acids is 1. The van der Waals surface area contributed by atoms with Gasteiger partial charge in [0, 0.05) is 18.5 Å². The Morgan fingerprint density at radius 2 is 1.80 bits per heavy atom. The Morgan fingerprint density at radius 1 is 1.12 bits per heavy atom. The Hall–Kier alpha value is -2.36. The van der Waals surface area contributed by atoms with Gasteiger partial charge in [0.1, 0.15) is 11.6 Å². The normalized spacial score (nSPS) is 21.7. The molecule has 130 valence electrons. The van der Waals surface area contributed by atoms with Gasteiger partial charge in [0.15, 0.2) is 0 Å². The maximum absolute atomic E-state index is 13.1. The van der Waals surface area contributed by atoms with E-state index >= 15 is 0 Å². The van der Waals surface area contributed by atoms with Crippen LogP contribution in [0.4, 0.5) is 4.39 Å². The van der Waals surface area contributed by atoms with Gasteiger partial charge in [-0.2, -0.15) is 0 Å². The van der Waals surface area contributed by atoms with E-state index in [9.17, 15) is 9.18 Å². The lowest BCUT2D eigenvalue weighted by Gasteiger charge is -2.23. The highest BCUT2D eigenvalue weighted by Crippen LogP contribution is 2.49. The minimum Gasteiger partial charge on any atom is -0.497 e. The molecule has 0 N–H and O–H groups in total. The molecule has 4 rings (SSSR count). The van der Waals surface area contributed by atoms with Crippen LogP contribution in [-0.4, -0.2) is 24.0 Å². The zero-order chi connectivity index (χ0) is 17.4. The average Bonchev–Trinajstić information content (AvgIpc) is 3.54. The van der Waals surface area contributed by atoms with E-state index in [0.29, 0.717) is 12.6 Å². The topological polar surface area (TPSA) is 29.5 Å². The van der Waals surface area contributed by atoms with Gasteiger partial charge in [-0.3, -0.25) is 4.79 Å². The monoisotopic (exact) mass is 339 g/mol. The van der Waals surface area contributed by atoms with E-state index in [4.69, 9.17) is 4.74 Å². The highest BCUT2D eigenvalue weighted by atomic mass is 19.1. The molecule has 2 aromatic rings. The van der Waals surface area contributed by atoms with Crippen molar-refractivity contribution in [3.05, 3.63) is 65.5 Å². The number of hydrogen-bond donors (Lipinski definition) is 0. The molecule has 4 heteroatoms. The average molecular weight is 339 g/mol. The third-order valence-corrected chi connectivity index (χ3v) is 5.19. The van der Waals surface area contributed by atoms with Gasteiger partial charge in [-0.1, -0.05) is 24.3 Å². The van der Waals surface area contributed by atoms with E-state index in [1.807, 2.05) is 29.2 Å². The molecule has 2 fully saturated rings. The molecule has 1 amide bonds. The van der Waals surface area contributed by atoms with E-state index < -0.39 is 0 Å². The number of rotatable bonds is 6. The van der Waals surface area contributed by atoms with Crippen molar-refractivity contribution in [2.24, 2.45) is 5.92 Å². The fourth-order valence-electron chi connectivity index (χ4n) is 3.46. The summed E-state index contributed by atoms with van der Waals surface area (Å²) in [7, 11) is 1.65. The molecule has 25 heavy (non-hydrogen) atoms. The number of carbonyl (C=O) groups is 1. The zero-order valence-electron chi connectivity index (χ0n) is 14.3. The Balaban J connectivity index is 1.44. The van der Waals surface area contributed by atoms with E-state index in [2.05, 4.69) is 0 Å². The van der Waals surface area contributed by atoms with Gasteiger partial charge in [0.2, 0.25) is 5.91 Å². The van der Waals surface area contributed by atoms with Crippen molar-refractivity contribution in [3.63, 3.8) is 0 Å². The van der Waals surface area contributed by atoms with Gasteiger partial charge in [-0.05, 0) is 60.6 Å². The number of amides is 1. The molecule has 0 heterocycles. The van der Waals surface area contributed by atoms with Crippen LogP contribution < -0.4 is 4.74 Å². The molecule has 0 spiro atoms. The predicted octanol–water partition coefficient (Wildman–Crippen LogP) is 4.13. The second-order valence-corrected chi connectivity index (χ2v) is 7.05. The number of halogens is 1. The molecule has 2 aromatic carbocycles. The quantitative estimate of drug-likeness (QED) is 0.792. The van der Waals surface area contributed by atoms with Crippen molar-refractivity contribution in [2.45, 2.75) is 37.8 Å². The fourth-order valence-corrected chi connectivity index (χ4v) is 3.46. The lowest BCUT2D eigenvalue weighted by atomic mass is 10.1. The van der Waals surface area contributed by atoms with E-state index in [0.717, 1.165) is 36.1 Å². The van der Waals surface area contributed by atoms with Crippen LogP contribution in [-0.2, 0) is 11.3 Å². The summed E-state index contributed by atoms with van der Waals surface area (Å²) in [5, 5.41) is 0. The third kappa shape index (κ3) is 3.53. The number of ether oxygens (including phenoxy) is 1. The van der Waals surface area contributed by atoms with Crippen LogP contribution >= 0.6 is 0 Å².